The maximum Gasteiger partial charge on any atom is 0.170 e. The molecule has 0 unspecified atom stereocenters. The van der Waals surface area contributed by atoms with Crippen molar-refractivity contribution in [2.45, 2.75) is 39.9 Å². The van der Waals surface area contributed by atoms with Gasteiger partial charge < -0.3 is 10.2 Å². The summed E-state index contributed by atoms with van der Waals surface area (Å²) in [5.41, 5.74) is 3.44. The number of halogens is 1. The zero-order valence-electron chi connectivity index (χ0n) is 12.9. The molecule has 0 radical (unpaired) electrons. The van der Waals surface area contributed by atoms with Gasteiger partial charge in [0.15, 0.2) is 11.6 Å². The second-order valence-corrected chi connectivity index (χ2v) is 6.30. The number of pyridine rings is 1. The molecule has 0 atom stereocenters. The van der Waals surface area contributed by atoms with Crippen molar-refractivity contribution in [3.05, 3.63) is 39.7 Å². The third kappa shape index (κ3) is 3.98. The van der Waals surface area contributed by atoms with Crippen molar-refractivity contribution in [1.29, 1.82) is 0 Å². The molecule has 0 bridgehead atoms. The molecule has 2 aromatic heterocycles. The molecule has 0 spiro atoms. The lowest BCUT2D eigenvalue weighted by molar-refractivity contribution is 0.548. The monoisotopic (exact) mass is 308 g/mol. The van der Waals surface area contributed by atoms with Gasteiger partial charge in [0.2, 0.25) is 0 Å². The Kier molecular flexibility index (Phi) is 5.25. The molecule has 2 rings (SSSR count). The van der Waals surface area contributed by atoms with Crippen LogP contribution < -0.4 is 10.2 Å². The van der Waals surface area contributed by atoms with Gasteiger partial charge in [0.1, 0.15) is 0 Å². The molecular weight excluding hydrogens is 287 g/mol. The van der Waals surface area contributed by atoms with Crippen molar-refractivity contribution < 1.29 is 4.39 Å². The van der Waals surface area contributed by atoms with E-state index >= 15 is 0 Å². The standard InChI is InChI=1S/C15H21FN4S/c1-10(2)18-7-12-5-6-17-15(14(12)16)20(4)8-13-11(3)19-9-21-13/h5-6,9-10,18H,7-8H2,1-4H3. The van der Waals surface area contributed by atoms with Crippen molar-refractivity contribution in [1.82, 2.24) is 15.3 Å². The molecule has 0 amide bonds. The first-order chi connectivity index (χ1) is 9.99. The van der Waals surface area contributed by atoms with E-state index in [1.165, 1.54) is 0 Å². The molecule has 0 aliphatic heterocycles. The number of nitrogens with one attached hydrogen (secondary N) is 1. The van der Waals surface area contributed by atoms with E-state index in [1.807, 2.05) is 38.2 Å². The Hall–Kier alpha value is -1.53. The number of rotatable bonds is 6. The normalized spacial score (nSPS) is 11.1. The van der Waals surface area contributed by atoms with Crippen LogP contribution in [-0.2, 0) is 13.1 Å². The highest BCUT2D eigenvalue weighted by atomic mass is 32.1. The number of anilines is 1. The maximum absolute atomic E-state index is 14.5. The first-order valence-corrected chi connectivity index (χ1v) is 7.84. The fourth-order valence-electron chi connectivity index (χ4n) is 1.96. The van der Waals surface area contributed by atoms with E-state index in [-0.39, 0.29) is 5.82 Å². The van der Waals surface area contributed by atoms with Crippen LogP contribution in [0.1, 0.15) is 30.0 Å². The molecule has 0 aliphatic rings. The average Bonchev–Trinajstić information content (AvgIpc) is 2.83. The van der Waals surface area contributed by atoms with Gasteiger partial charge >= 0.3 is 0 Å². The predicted octanol–water partition coefficient (Wildman–Crippen LogP) is 3.12. The minimum absolute atomic E-state index is 0.254. The summed E-state index contributed by atoms with van der Waals surface area (Å²) >= 11 is 1.58. The zero-order chi connectivity index (χ0) is 15.4. The number of aromatic nitrogens is 2. The highest BCUT2D eigenvalue weighted by molar-refractivity contribution is 7.09. The van der Waals surface area contributed by atoms with Gasteiger partial charge in [-0.25, -0.2) is 14.4 Å². The summed E-state index contributed by atoms with van der Waals surface area (Å²) in [6.45, 7) is 7.16. The van der Waals surface area contributed by atoms with Crippen LogP contribution >= 0.6 is 11.3 Å². The van der Waals surface area contributed by atoms with E-state index in [9.17, 15) is 4.39 Å². The van der Waals surface area contributed by atoms with Gasteiger partial charge in [0.25, 0.3) is 0 Å². The summed E-state index contributed by atoms with van der Waals surface area (Å²) < 4.78 is 14.5. The lowest BCUT2D eigenvalue weighted by Crippen LogP contribution is -2.24. The third-order valence-corrected chi connectivity index (χ3v) is 4.16. The Morgan fingerprint density at radius 1 is 1.38 bits per heavy atom. The molecule has 0 aliphatic carbocycles. The first kappa shape index (κ1) is 15.9. The minimum Gasteiger partial charge on any atom is -0.352 e. The highest BCUT2D eigenvalue weighted by Crippen LogP contribution is 2.22. The SMILES string of the molecule is Cc1ncsc1CN(C)c1nccc(CNC(C)C)c1F. The number of hydrogen-bond donors (Lipinski definition) is 1. The highest BCUT2D eigenvalue weighted by Gasteiger charge is 2.15. The van der Waals surface area contributed by atoms with Crippen molar-refractivity contribution in [3.8, 4) is 0 Å². The maximum atomic E-state index is 14.5. The van der Waals surface area contributed by atoms with Gasteiger partial charge in [0, 0.05) is 36.3 Å². The smallest absolute Gasteiger partial charge is 0.170 e. The predicted molar refractivity (Wildman–Crippen MR) is 85.1 cm³/mol. The van der Waals surface area contributed by atoms with E-state index in [0.717, 1.165) is 10.6 Å². The van der Waals surface area contributed by atoms with Crippen LogP contribution in [0.2, 0.25) is 0 Å². The molecule has 0 aromatic carbocycles. The van der Waals surface area contributed by atoms with Gasteiger partial charge in [-0.15, -0.1) is 11.3 Å². The van der Waals surface area contributed by atoms with Crippen LogP contribution in [0.5, 0.6) is 0 Å². The summed E-state index contributed by atoms with van der Waals surface area (Å²) in [4.78, 5) is 11.4. The molecule has 4 nitrogen and oxygen atoms in total. The summed E-state index contributed by atoms with van der Waals surface area (Å²) in [7, 11) is 1.85. The van der Waals surface area contributed by atoms with Gasteiger partial charge in [-0.1, -0.05) is 13.8 Å². The topological polar surface area (TPSA) is 41.1 Å². The van der Waals surface area contributed by atoms with E-state index in [2.05, 4.69) is 15.3 Å². The van der Waals surface area contributed by atoms with E-state index < -0.39 is 0 Å². The number of aryl methyl sites for hydroxylation is 1. The average molecular weight is 308 g/mol. The molecule has 0 saturated heterocycles. The van der Waals surface area contributed by atoms with E-state index in [0.29, 0.717) is 30.5 Å². The van der Waals surface area contributed by atoms with Crippen LogP contribution in [0.4, 0.5) is 10.2 Å². The van der Waals surface area contributed by atoms with Crippen LogP contribution in [0.15, 0.2) is 17.8 Å². The second kappa shape index (κ2) is 6.95. The van der Waals surface area contributed by atoms with Crippen LogP contribution in [0.25, 0.3) is 0 Å². The van der Waals surface area contributed by atoms with Gasteiger partial charge in [-0.2, -0.15) is 0 Å². The Balaban J connectivity index is 2.15. The fourth-order valence-corrected chi connectivity index (χ4v) is 2.79. The molecular formula is C15H21FN4S. The summed E-state index contributed by atoms with van der Waals surface area (Å²) in [5.74, 6) is 0.126. The minimum atomic E-state index is -0.254. The van der Waals surface area contributed by atoms with Crippen LogP contribution in [-0.4, -0.2) is 23.1 Å². The van der Waals surface area contributed by atoms with E-state index in [1.54, 1.807) is 23.6 Å². The van der Waals surface area contributed by atoms with Crippen molar-refractivity contribution in [2.75, 3.05) is 11.9 Å². The largest absolute Gasteiger partial charge is 0.352 e. The lowest BCUT2D eigenvalue weighted by atomic mass is 10.2. The van der Waals surface area contributed by atoms with Crippen molar-refractivity contribution in [3.63, 3.8) is 0 Å². The molecule has 114 valence electrons. The van der Waals surface area contributed by atoms with Gasteiger partial charge in [0.05, 0.1) is 17.7 Å². The lowest BCUT2D eigenvalue weighted by Gasteiger charge is -2.19. The molecule has 0 fully saturated rings. The number of nitrogens with zero attached hydrogens (tertiary/aromatic N) is 3. The van der Waals surface area contributed by atoms with Gasteiger partial charge in [-0.05, 0) is 13.0 Å². The Bertz CT molecular complexity index is 597. The Labute approximate surface area is 129 Å². The van der Waals surface area contributed by atoms with Crippen molar-refractivity contribution >= 4 is 17.2 Å². The first-order valence-electron chi connectivity index (χ1n) is 6.96. The molecule has 2 aromatic rings. The Morgan fingerprint density at radius 3 is 2.76 bits per heavy atom. The number of hydrogen-bond acceptors (Lipinski definition) is 5. The number of thiazole rings is 1. The molecule has 6 heteroatoms. The summed E-state index contributed by atoms with van der Waals surface area (Å²) in [6.07, 6.45) is 1.66. The fraction of sp³-hybridized carbons (Fsp3) is 0.467. The van der Waals surface area contributed by atoms with Gasteiger partial charge in [-0.3, -0.25) is 0 Å². The second-order valence-electron chi connectivity index (χ2n) is 5.36. The van der Waals surface area contributed by atoms with Crippen LogP contribution in [0.3, 0.4) is 0 Å². The summed E-state index contributed by atoms with van der Waals surface area (Å²) in [5, 5.41) is 3.23. The van der Waals surface area contributed by atoms with E-state index in [4.69, 9.17) is 0 Å². The molecule has 21 heavy (non-hydrogen) atoms. The van der Waals surface area contributed by atoms with Crippen LogP contribution in [0, 0.1) is 12.7 Å². The quantitative estimate of drug-likeness (QED) is 0.890. The molecule has 2 heterocycles. The third-order valence-electron chi connectivity index (χ3n) is 3.24. The molecule has 0 saturated carbocycles. The zero-order valence-corrected chi connectivity index (χ0v) is 13.7. The van der Waals surface area contributed by atoms with Crippen molar-refractivity contribution in [2.24, 2.45) is 0 Å². The Morgan fingerprint density at radius 2 is 2.14 bits per heavy atom. The molecule has 1 N–H and O–H groups in total. The summed E-state index contributed by atoms with van der Waals surface area (Å²) in [6, 6.07) is 2.04.